The van der Waals surface area contributed by atoms with Gasteiger partial charge in [-0.2, -0.15) is 0 Å². The Kier molecular flexibility index (Phi) is 4.16. The summed E-state index contributed by atoms with van der Waals surface area (Å²) in [5.74, 6) is 0. The Hall–Kier alpha value is -1.87. The fraction of sp³-hybridized carbons (Fsp3) is 0.118. The minimum absolute atomic E-state index is 0.0855. The lowest BCUT2D eigenvalue weighted by Crippen LogP contribution is -2.16. The minimum Gasteiger partial charge on any atom is -0.361 e. The van der Waals surface area contributed by atoms with E-state index >= 15 is 0 Å². The molecule has 1 heterocycles. The molecule has 0 aliphatic heterocycles. The largest absolute Gasteiger partial charge is 0.361 e. The number of aromatic amines is 1. The first-order valence-electron chi connectivity index (χ1n) is 7.08. The zero-order valence-corrected chi connectivity index (χ0v) is 13.0. The second kappa shape index (κ2) is 6.09. The molecule has 0 aliphatic rings. The molecule has 0 fully saturated rings. The monoisotopic (exact) mass is 313 g/mol. The van der Waals surface area contributed by atoms with E-state index in [9.17, 15) is 9.46 Å². The van der Waals surface area contributed by atoms with Crippen LogP contribution in [0, 0.1) is 6.92 Å². The van der Waals surface area contributed by atoms with E-state index < -0.39 is 13.6 Å². The van der Waals surface area contributed by atoms with Crippen molar-refractivity contribution in [2.75, 3.05) is 0 Å². The number of aromatic nitrogens is 1. The van der Waals surface area contributed by atoms with Crippen LogP contribution in [-0.4, -0.2) is 9.88 Å². The number of hydrogen-bond acceptors (Lipinski definition) is 1. The predicted molar refractivity (Wildman–Crippen MR) is 89.5 cm³/mol. The van der Waals surface area contributed by atoms with Gasteiger partial charge in [0.25, 0.3) is 7.52 Å². The van der Waals surface area contributed by atoms with Crippen molar-refractivity contribution in [1.82, 2.24) is 10.1 Å². The van der Waals surface area contributed by atoms with Gasteiger partial charge in [0.2, 0.25) is 0 Å². The molecule has 1 aromatic heterocycles. The van der Waals surface area contributed by atoms with Crippen molar-refractivity contribution in [2.24, 2.45) is 0 Å². The van der Waals surface area contributed by atoms with Crippen molar-refractivity contribution < 1.29 is 9.46 Å². The maximum absolute atomic E-state index is 12.4. The highest BCUT2D eigenvalue weighted by atomic mass is 31.2. The fourth-order valence-electron chi connectivity index (χ4n) is 2.57. The standard InChI is InChI=1S/C17H18N2O2P/c1-13(16-11-18-17-10-6-5-9-15(16)17)19-22(20,21)12-14-7-3-2-4-8-14/h2-11,13,18H,1,12H2,(H2,19,20,21). The summed E-state index contributed by atoms with van der Waals surface area (Å²) in [6, 6.07) is 16.6. The van der Waals surface area contributed by atoms with Gasteiger partial charge in [-0.05, 0) is 24.1 Å². The Morgan fingerprint density at radius 2 is 1.82 bits per heavy atom. The highest BCUT2D eigenvalue weighted by Crippen LogP contribution is 2.43. The smallest absolute Gasteiger partial charge is 0.272 e. The number of rotatable bonds is 5. The molecule has 2 unspecified atom stereocenters. The Morgan fingerprint density at radius 3 is 2.59 bits per heavy atom. The number of fused-ring (bicyclic) bond motifs is 1. The Morgan fingerprint density at radius 1 is 1.14 bits per heavy atom. The Bertz CT molecular complexity index is 814. The van der Waals surface area contributed by atoms with E-state index in [0.717, 1.165) is 22.0 Å². The van der Waals surface area contributed by atoms with Crippen molar-refractivity contribution in [3.8, 4) is 0 Å². The third-order valence-corrected chi connectivity index (χ3v) is 5.10. The van der Waals surface area contributed by atoms with Gasteiger partial charge < -0.3 is 9.88 Å². The number of H-pyrrole nitrogens is 1. The van der Waals surface area contributed by atoms with Gasteiger partial charge in [0.15, 0.2) is 0 Å². The molecule has 2 atom stereocenters. The average molecular weight is 313 g/mol. The Balaban J connectivity index is 1.78. The molecule has 5 heteroatoms. The SMILES string of the molecule is [CH2]C(NP(=O)(O)Cc1ccccc1)c1c[nH]c2ccccc12. The molecule has 0 amide bonds. The molecular formula is C17H18N2O2P. The van der Waals surface area contributed by atoms with Gasteiger partial charge in [0, 0.05) is 23.1 Å². The van der Waals surface area contributed by atoms with E-state index in [2.05, 4.69) is 17.0 Å². The molecule has 3 aromatic rings. The summed E-state index contributed by atoms with van der Waals surface area (Å²) in [5, 5.41) is 3.79. The third-order valence-electron chi connectivity index (χ3n) is 3.59. The van der Waals surface area contributed by atoms with Crippen molar-refractivity contribution in [2.45, 2.75) is 12.2 Å². The quantitative estimate of drug-likeness (QED) is 0.623. The molecule has 3 N–H and O–H groups in total. The van der Waals surface area contributed by atoms with Crippen LogP contribution in [0.3, 0.4) is 0 Å². The van der Waals surface area contributed by atoms with Gasteiger partial charge in [0.1, 0.15) is 0 Å². The second-order valence-electron chi connectivity index (χ2n) is 5.32. The topological polar surface area (TPSA) is 65.1 Å². The van der Waals surface area contributed by atoms with Crippen molar-refractivity contribution >= 4 is 18.4 Å². The van der Waals surface area contributed by atoms with Crippen LogP contribution in [0.25, 0.3) is 10.9 Å². The fourth-order valence-corrected chi connectivity index (χ4v) is 3.99. The maximum atomic E-state index is 12.4. The van der Waals surface area contributed by atoms with Crippen LogP contribution in [0.15, 0.2) is 60.8 Å². The number of benzene rings is 2. The predicted octanol–water partition coefficient (Wildman–Crippen LogP) is 4.02. The van der Waals surface area contributed by atoms with Gasteiger partial charge in [-0.15, -0.1) is 0 Å². The van der Waals surface area contributed by atoms with E-state index in [1.54, 1.807) is 0 Å². The zero-order chi connectivity index (χ0) is 15.6. The van der Waals surface area contributed by atoms with Crippen LogP contribution in [-0.2, 0) is 10.7 Å². The van der Waals surface area contributed by atoms with Crippen LogP contribution in [0.1, 0.15) is 17.2 Å². The molecule has 113 valence electrons. The van der Waals surface area contributed by atoms with Crippen LogP contribution < -0.4 is 5.09 Å². The molecule has 0 spiro atoms. The summed E-state index contributed by atoms with van der Waals surface area (Å²) in [4.78, 5) is 13.4. The van der Waals surface area contributed by atoms with Gasteiger partial charge >= 0.3 is 0 Å². The molecule has 0 saturated carbocycles. The molecule has 0 bridgehead atoms. The van der Waals surface area contributed by atoms with Crippen LogP contribution in [0.2, 0.25) is 0 Å². The number of para-hydroxylation sites is 1. The van der Waals surface area contributed by atoms with E-state index in [4.69, 9.17) is 0 Å². The molecule has 3 rings (SSSR count). The summed E-state index contributed by atoms with van der Waals surface area (Å²) in [7, 11) is -3.52. The zero-order valence-electron chi connectivity index (χ0n) is 12.1. The van der Waals surface area contributed by atoms with Gasteiger partial charge in [-0.3, -0.25) is 4.57 Å². The average Bonchev–Trinajstić information content (AvgIpc) is 2.91. The Labute approximate surface area is 129 Å². The van der Waals surface area contributed by atoms with E-state index in [1.807, 2.05) is 60.8 Å². The minimum atomic E-state index is -3.52. The lowest BCUT2D eigenvalue weighted by atomic mass is 10.1. The van der Waals surface area contributed by atoms with Crippen LogP contribution in [0.4, 0.5) is 0 Å². The summed E-state index contributed by atoms with van der Waals surface area (Å²) >= 11 is 0. The van der Waals surface area contributed by atoms with Gasteiger partial charge in [-0.1, -0.05) is 48.5 Å². The number of nitrogens with one attached hydrogen (secondary N) is 2. The summed E-state index contributed by atoms with van der Waals surface area (Å²) in [5.41, 5.74) is 2.70. The molecule has 2 aromatic carbocycles. The van der Waals surface area contributed by atoms with E-state index in [1.165, 1.54) is 0 Å². The summed E-state index contributed by atoms with van der Waals surface area (Å²) in [6.07, 6.45) is 1.92. The van der Waals surface area contributed by atoms with Crippen molar-refractivity contribution in [1.29, 1.82) is 0 Å². The van der Waals surface area contributed by atoms with Crippen molar-refractivity contribution in [3.05, 3.63) is 78.8 Å². The van der Waals surface area contributed by atoms with Crippen LogP contribution in [0.5, 0.6) is 0 Å². The first-order chi connectivity index (χ1) is 10.6. The second-order valence-corrected chi connectivity index (χ2v) is 7.29. The van der Waals surface area contributed by atoms with Crippen LogP contribution >= 0.6 is 7.52 Å². The molecule has 0 aliphatic carbocycles. The molecule has 4 nitrogen and oxygen atoms in total. The molecule has 0 saturated heterocycles. The first-order valence-corrected chi connectivity index (χ1v) is 8.92. The van der Waals surface area contributed by atoms with Gasteiger partial charge in [-0.25, -0.2) is 5.09 Å². The first kappa shape index (κ1) is 15.0. The number of hydrogen-bond donors (Lipinski definition) is 3. The summed E-state index contributed by atoms with van der Waals surface area (Å²) < 4.78 is 12.4. The summed E-state index contributed by atoms with van der Waals surface area (Å²) in [6.45, 7) is 3.99. The van der Waals surface area contributed by atoms with E-state index in [-0.39, 0.29) is 6.16 Å². The normalized spacial score (nSPS) is 15.5. The molecule has 1 radical (unpaired) electrons. The molecule has 22 heavy (non-hydrogen) atoms. The lowest BCUT2D eigenvalue weighted by Gasteiger charge is -2.19. The lowest BCUT2D eigenvalue weighted by molar-refractivity contribution is 0.456. The molecular weight excluding hydrogens is 295 g/mol. The van der Waals surface area contributed by atoms with Crippen molar-refractivity contribution in [3.63, 3.8) is 0 Å². The van der Waals surface area contributed by atoms with E-state index in [0.29, 0.717) is 0 Å². The third kappa shape index (κ3) is 3.30. The maximum Gasteiger partial charge on any atom is 0.272 e. The highest BCUT2D eigenvalue weighted by Gasteiger charge is 2.23. The highest BCUT2D eigenvalue weighted by molar-refractivity contribution is 7.55. The van der Waals surface area contributed by atoms with Gasteiger partial charge in [0.05, 0.1) is 6.16 Å².